The van der Waals surface area contributed by atoms with E-state index in [4.69, 9.17) is 9.47 Å². The highest BCUT2D eigenvalue weighted by Crippen LogP contribution is 2.32. The molecule has 8 nitrogen and oxygen atoms in total. The Morgan fingerprint density at radius 3 is 2.59 bits per heavy atom. The molecule has 0 aliphatic heterocycles. The minimum Gasteiger partial charge on any atom is -0.497 e. The molecule has 0 atom stereocenters. The second kappa shape index (κ2) is 8.91. The molecule has 2 aromatic rings. The van der Waals surface area contributed by atoms with Gasteiger partial charge in [0, 0.05) is 35.5 Å². The van der Waals surface area contributed by atoms with Gasteiger partial charge in [0.25, 0.3) is 5.69 Å². The zero-order valence-electron chi connectivity index (χ0n) is 16.8. The molecular formula is C21H25N3O5. The summed E-state index contributed by atoms with van der Waals surface area (Å²) in [5.41, 5.74) is 1.90. The first-order valence-electron chi connectivity index (χ1n) is 9.41. The Hall–Kier alpha value is -3.13. The third kappa shape index (κ3) is 5.23. The Labute approximate surface area is 169 Å². The highest BCUT2D eigenvalue weighted by atomic mass is 16.6. The van der Waals surface area contributed by atoms with Crippen LogP contribution in [0.1, 0.15) is 24.0 Å². The number of nitro benzene ring substituents is 1. The molecule has 0 bridgehead atoms. The maximum atomic E-state index is 12.6. The predicted octanol–water partition coefficient (Wildman–Crippen LogP) is 3.52. The fourth-order valence-corrected chi connectivity index (χ4v) is 3.25. The van der Waals surface area contributed by atoms with Crippen molar-refractivity contribution in [3.63, 3.8) is 0 Å². The molecule has 1 aliphatic rings. The number of rotatable bonds is 9. The van der Waals surface area contributed by atoms with Crippen LogP contribution in [0.25, 0.3) is 0 Å². The van der Waals surface area contributed by atoms with Crippen LogP contribution in [0.3, 0.4) is 0 Å². The molecule has 3 rings (SSSR count). The number of carbonyl (C=O) groups is 1. The van der Waals surface area contributed by atoms with Crippen LogP contribution in [0.4, 0.5) is 11.4 Å². The quantitative estimate of drug-likeness (QED) is 0.512. The van der Waals surface area contributed by atoms with Crippen LogP contribution in [0, 0.1) is 17.0 Å². The Morgan fingerprint density at radius 1 is 1.21 bits per heavy atom. The molecule has 1 saturated carbocycles. The van der Waals surface area contributed by atoms with Crippen molar-refractivity contribution in [3.8, 4) is 11.5 Å². The molecule has 0 unspecified atom stereocenters. The smallest absolute Gasteiger partial charge is 0.274 e. The van der Waals surface area contributed by atoms with Crippen molar-refractivity contribution in [2.24, 2.45) is 0 Å². The average Bonchev–Trinajstić information content (AvgIpc) is 3.54. The molecule has 0 spiro atoms. The van der Waals surface area contributed by atoms with E-state index in [-0.39, 0.29) is 18.1 Å². The summed E-state index contributed by atoms with van der Waals surface area (Å²) in [6.45, 7) is 2.40. The molecule has 0 aromatic heterocycles. The van der Waals surface area contributed by atoms with Crippen molar-refractivity contribution >= 4 is 17.3 Å². The van der Waals surface area contributed by atoms with Crippen LogP contribution in [0.15, 0.2) is 36.4 Å². The number of hydrogen-bond acceptors (Lipinski definition) is 6. The number of benzene rings is 2. The van der Waals surface area contributed by atoms with Gasteiger partial charge in [-0.25, -0.2) is 0 Å². The Morgan fingerprint density at radius 2 is 1.97 bits per heavy atom. The van der Waals surface area contributed by atoms with Gasteiger partial charge < -0.3 is 14.8 Å². The number of carbonyl (C=O) groups excluding carboxylic acids is 1. The van der Waals surface area contributed by atoms with Gasteiger partial charge in [-0.1, -0.05) is 6.07 Å². The third-order valence-electron chi connectivity index (χ3n) is 4.96. The number of anilines is 1. The van der Waals surface area contributed by atoms with E-state index in [9.17, 15) is 14.9 Å². The second-order valence-corrected chi connectivity index (χ2v) is 7.12. The molecule has 8 heteroatoms. The fraction of sp³-hybridized carbons (Fsp3) is 0.381. The van der Waals surface area contributed by atoms with Crippen LogP contribution < -0.4 is 14.8 Å². The number of ether oxygens (including phenoxy) is 2. The van der Waals surface area contributed by atoms with Crippen LogP contribution in [-0.4, -0.2) is 42.5 Å². The number of aryl methyl sites for hydroxylation is 1. The average molecular weight is 399 g/mol. The summed E-state index contributed by atoms with van der Waals surface area (Å²) in [5.74, 6) is 1.26. The lowest BCUT2D eigenvalue weighted by Gasteiger charge is -2.23. The molecule has 0 heterocycles. The summed E-state index contributed by atoms with van der Waals surface area (Å²) >= 11 is 0. The van der Waals surface area contributed by atoms with E-state index in [1.165, 1.54) is 6.07 Å². The summed E-state index contributed by atoms with van der Waals surface area (Å²) in [5, 5.41) is 13.9. The minimum atomic E-state index is -0.448. The van der Waals surface area contributed by atoms with Gasteiger partial charge in [0.15, 0.2) is 0 Å². The fourth-order valence-electron chi connectivity index (χ4n) is 3.25. The first-order chi connectivity index (χ1) is 13.9. The lowest BCUT2D eigenvalue weighted by Crippen LogP contribution is -2.34. The second-order valence-electron chi connectivity index (χ2n) is 7.12. The topological polar surface area (TPSA) is 93.9 Å². The SMILES string of the molecule is COc1ccc(OC)c(CN(CC(=O)Nc2ccc(C)c([N+](=O)[O-])c2)C2CC2)c1. The maximum absolute atomic E-state index is 12.6. The minimum absolute atomic E-state index is 0.0111. The molecule has 1 amide bonds. The van der Waals surface area contributed by atoms with Gasteiger partial charge in [-0.15, -0.1) is 0 Å². The highest BCUT2D eigenvalue weighted by Gasteiger charge is 2.31. The lowest BCUT2D eigenvalue weighted by molar-refractivity contribution is -0.385. The van der Waals surface area contributed by atoms with Crippen LogP contribution >= 0.6 is 0 Å². The van der Waals surface area contributed by atoms with Crippen molar-refractivity contribution in [2.75, 3.05) is 26.1 Å². The molecule has 1 N–H and O–H groups in total. The van der Waals surface area contributed by atoms with E-state index < -0.39 is 4.92 Å². The Bertz CT molecular complexity index is 911. The van der Waals surface area contributed by atoms with E-state index in [1.807, 2.05) is 18.2 Å². The largest absolute Gasteiger partial charge is 0.497 e. The van der Waals surface area contributed by atoms with Gasteiger partial charge in [-0.05, 0) is 44.0 Å². The number of amides is 1. The van der Waals surface area contributed by atoms with Gasteiger partial charge in [0.1, 0.15) is 11.5 Å². The normalized spacial score (nSPS) is 13.2. The summed E-state index contributed by atoms with van der Waals surface area (Å²) in [4.78, 5) is 25.4. The standard InChI is InChI=1S/C21H25N3O5/c1-14-4-5-16(11-19(14)24(26)27)22-21(25)13-23(17-6-7-17)12-15-10-18(28-2)8-9-20(15)29-3/h4-5,8-11,17H,6-7,12-13H2,1-3H3,(H,22,25). The first-order valence-corrected chi connectivity index (χ1v) is 9.41. The number of nitrogens with one attached hydrogen (secondary N) is 1. The van der Waals surface area contributed by atoms with Crippen molar-refractivity contribution in [3.05, 3.63) is 57.6 Å². The van der Waals surface area contributed by atoms with Crippen LogP contribution in [0.2, 0.25) is 0 Å². The summed E-state index contributed by atoms with van der Waals surface area (Å²) < 4.78 is 10.8. The molecule has 0 radical (unpaired) electrons. The molecule has 0 saturated heterocycles. The Balaban J connectivity index is 1.71. The van der Waals surface area contributed by atoms with E-state index in [0.29, 0.717) is 23.8 Å². The van der Waals surface area contributed by atoms with E-state index in [2.05, 4.69) is 10.2 Å². The van der Waals surface area contributed by atoms with Crippen LogP contribution in [0.5, 0.6) is 11.5 Å². The van der Waals surface area contributed by atoms with Crippen molar-refractivity contribution in [2.45, 2.75) is 32.4 Å². The van der Waals surface area contributed by atoms with Crippen molar-refractivity contribution in [1.82, 2.24) is 4.90 Å². The van der Waals surface area contributed by atoms with Crippen molar-refractivity contribution in [1.29, 1.82) is 0 Å². The zero-order chi connectivity index (χ0) is 21.0. The summed E-state index contributed by atoms with van der Waals surface area (Å²) in [6.07, 6.45) is 2.07. The summed E-state index contributed by atoms with van der Waals surface area (Å²) in [6, 6.07) is 10.6. The molecule has 1 aliphatic carbocycles. The van der Waals surface area contributed by atoms with Gasteiger partial charge in [0.2, 0.25) is 5.91 Å². The predicted molar refractivity (Wildman–Crippen MR) is 109 cm³/mol. The zero-order valence-corrected chi connectivity index (χ0v) is 16.8. The molecule has 1 fully saturated rings. The van der Waals surface area contributed by atoms with Gasteiger partial charge in [-0.3, -0.25) is 19.8 Å². The lowest BCUT2D eigenvalue weighted by atomic mass is 10.1. The highest BCUT2D eigenvalue weighted by molar-refractivity contribution is 5.92. The first kappa shape index (κ1) is 20.6. The number of hydrogen-bond donors (Lipinski definition) is 1. The summed E-state index contributed by atoms with van der Waals surface area (Å²) in [7, 11) is 3.22. The van der Waals surface area contributed by atoms with E-state index in [1.54, 1.807) is 33.3 Å². The van der Waals surface area contributed by atoms with Gasteiger partial charge in [0.05, 0.1) is 25.7 Å². The van der Waals surface area contributed by atoms with E-state index >= 15 is 0 Å². The molecular weight excluding hydrogens is 374 g/mol. The number of nitrogens with zero attached hydrogens (tertiary/aromatic N) is 2. The molecule has 154 valence electrons. The van der Waals surface area contributed by atoms with Gasteiger partial charge in [-0.2, -0.15) is 0 Å². The number of nitro groups is 1. The number of methoxy groups -OCH3 is 2. The maximum Gasteiger partial charge on any atom is 0.274 e. The van der Waals surface area contributed by atoms with E-state index in [0.717, 1.165) is 29.9 Å². The Kier molecular flexibility index (Phi) is 6.33. The van der Waals surface area contributed by atoms with Crippen LogP contribution in [-0.2, 0) is 11.3 Å². The monoisotopic (exact) mass is 399 g/mol. The molecule has 2 aromatic carbocycles. The molecule has 29 heavy (non-hydrogen) atoms. The third-order valence-corrected chi connectivity index (χ3v) is 4.96. The van der Waals surface area contributed by atoms with Crippen molar-refractivity contribution < 1.29 is 19.2 Å². The van der Waals surface area contributed by atoms with Gasteiger partial charge >= 0.3 is 0 Å².